The van der Waals surface area contributed by atoms with E-state index in [4.69, 9.17) is 10.8 Å². The summed E-state index contributed by atoms with van der Waals surface area (Å²) in [7, 11) is 0. The molecule has 0 spiro atoms. The minimum Gasteiger partial charge on any atom is -0.396 e. The van der Waals surface area contributed by atoms with Crippen molar-refractivity contribution in [3.05, 3.63) is 35.4 Å². The number of nitrogens with two attached hydrogens (primary N) is 1. The van der Waals surface area contributed by atoms with Crippen LogP contribution in [-0.4, -0.2) is 18.3 Å². The highest BCUT2D eigenvalue weighted by Crippen LogP contribution is 2.16. The van der Waals surface area contributed by atoms with Crippen LogP contribution in [0.3, 0.4) is 0 Å². The monoisotopic (exact) mass is 215 g/mol. The summed E-state index contributed by atoms with van der Waals surface area (Å²) in [6.07, 6.45) is 0.756. The maximum Gasteiger partial charge on any atom is 0.129 e. The molecule has 1 unspecified atom stereocenters. The van der Waals surface area contributed by atoms with Gasteiger partial charge in [-0.15, -0.1) is 0 Å². The topological polar surface area (TPSA) is 46.2 Å². The van der Waals surface area contributed by atoms with Gasteiger partial charge in [0.15, 0.2) is 0 Å². The zero-order valence-corrected chi connectivity index (χ0v) is 8.42. The fourth-order valence-corrected chi connectivity index (χ4v) is 1.40. The molecule has 84 valence electrons. The molecule has 0 aromatic heterocycles. The van der Waals surface area contributed by atoms with E-state index in [2.05, 4.69) is 0 Å². The molecule has 2 nitrogen and oxygen atoms in total. The van der Waals surface area contributed by atoms with Crippen molar-refractivity contribution in [2.24, 2.45) is 11.7 Å². The third kappa shape index (κ3) is 3.25. The number of rotatable bonds is 5. The third-order valence-electron chi connectivity index (χ3n) is 2.46. The molecule has 15 heavy (non-hydrogen) atoms. The van der Waals surface area contributed by atoms with Gasteiger partial charge in [0.25, 0.3) is 0 Å². The molecule has 0 heterocycles. The largest absolute Gasteiger partial charge is 0.396 e. The Labute approximate surface area is 87.7 Å². The highest BCUT2D eigenvalue weighted by molar-refractivity contribution is 5.19. The minimum absolute atomic E-state index is 0.0490. The SMILES string of the molecule is NCC(CO)CCc1c(F)cccc1F. The second-order valence-electron chi connectivity index (χ2n) is 3.52. The van der Waals surface area contributed by atoms with E-state index >= 15 is 0 Å². The summed E-state index contributed by atoms with van der Waals surface area (Å²) in [6.45, 7) is 0.277. The van der Waals surface area contributed by atoms with Crippen LogP contribution >= 0.6 is 0 Å². The molecule has 0 amide bonds. The second kappa shape index (κ2) is 5.78. The second-order valence-corrected chi connectivity index (χ2v) is 3.52. The van der Waals surface area contributed by atoms with Crippen molar-refractivity contribution >= 4 is 0 Å². The lowest BCUT2D eigenvalue weighted by atomic mass is 9.99. The lowest BCUT2D eigenvalue weighted by Crippen LogP contribution is -2.19. The maximum absolute atomic E-state index is 13.2. The van der Waals surface area contributed by atoms with Crippen LogP contribution < -0.4 is 5.73 Å². The predicted molar refractivity (Wildman–Crippen MR) is 54.3 cm³/mol. The van der Waals surface area contributed by atoms with Gasteiger partial charge in [0, 0.05) is 12.2 Å². The number of halogens is 2. The van der Waals surface area contributed by atoms with E-state index in [0.29, 0.717) is 13.0 Å². The summed E-state index contributed by atoms with van der Waals surface area (Å²) in [6, 6.07) is 3.80. The molecular formula is C11H15F2NO. The molecule has 0 aliphatic carbocycles. The van der Waals surface area contributed by atoms with Crippen molar-refractivity contribution in [3.8, 4) is 0 Å². The Balaban J connectivity index is 2.64. The lowest BCUT2D eigenvalue weighted by Gasteiger charge is -2.11. The standard InChI is InChI=1S/C11H15F2NO/c12-10-2-1-3-11(13)9(10)5-4-8(6-14)7-15/h1-3,8,15H,4-7,14H2. The number of benzene rings is 1. The van der Waals surface area contributed by atoms with Crippen molar-refractivity contribution < 1.29 is 13.9 Å². The molecule has 0 aliphatic rings. The first-order chi connectivity index (χ1) is 7.19. The van der Waals surface area contributed by atoms with Crippen LogP contribution in [0, 0.1) is 17.6 Å². The van der Waals surface area contributed by atoms with E-state index < -0.39 is 11.6 Å². The molecule has 0 saturated heterocycles. The van der Waals surface area contributed by atoms with Gasteiger partial charge >= 0.3 is 0 Å². The Hall–Kier alpha value is -1.00. The Bertz CT molecular complexity index is 293. The van der Waals surface area contributed by atoms with E-state index in [1.165, 1.54) is 18.2 Å². The van der Waals surface area contributed by atoms with Crippen LogP contribution in [0.2, 0.25) is 0 Å². The summed E-state index contributed by atoms with van der Waals surface area (Å²) in [5.41, 5.74) is 5.45. The summed E-state index contributed by atoms with van der Waals surface area (Å²) < 4.78 is 26.4. The van der Waals surface area contributed by atoms with Crippen LogP contribution in [0.1, 0.15) is 12.0 Å². The van der Waals surface area contributed by atoms with Crippen LogP contribution in [-0.2, 0) is 6.42 Å². The van der Waals surface area contributed by atoms with Crippen LogP contribution in [0.5, 0.6) is 0 Å². The van der Waals surface area contributed by atoms with Crippen molar-refractivity contribution in [3.63, 3.8) is 0 Å². The molecule has 1 aromatic rings. The van der Waals surface area contributed by atoms with E-state index in [1.54, 1.807) is 0 Å². The fourth-order valence-electron chi connectivity index (χ4n) is 1.40. The molecule has 0 saturated carbocycles. The average Bonchev–Trinajstić information content (AvgIpc) is 2.23. The van der Waals surface area contributed by atoms with Gasteiger partial charge in [-0.2, -0.15) is 0 Å². The molecule has 0 fully saturated rings. The first-order valence-electron chi connectivity index (χ1n) is 4.92. The first-order valence-corrected chi connectivity index (χ1v) is 4.92. The quantitative estimate of drug-likeness (QED) is 0.781. The molecular weight excluding hydrogens is 200 g/mol. The van der Waals surface area contributed by atoms with Gasteiger partial charge in [-0.3, -0.25) is 0 Å². The molecule has 1 aromatic carbocycles. The lowest BCUT2D eigenvalue weighted by molar-refractivity contribution is 0.222. The zero-order valence-electron chi connectivity index (χ0n) is 8.42. The molecule has 4 heteroatoms. The fraction of sp³-hybridized carbons (Fsp3) is 0.455. The van der Waals surface area contributed by atoms with E-state index in [-0.39, 0.29) is 24.5 Å². The number of aliphatic hydroxyl groups is 1. The van der Waals surface area contributed by atoms with E-state index in [0.717, 1.165) is 0 Å². The predicted octanol–water partition coefficient (Wildman–Crippen LogP) is 1.46. The number of aliphatic hydroxyl groups excluding tert-OH is 1. The molecule has 0 aliphatic heterocycles. The molecule has 1 atom stereocenters. The van der Waals surface area contributed by atoms with Crippen molar-refractivity contribution in [2.45, 2.75) is 12.8 Å². The Morgan fingerprint density at radius 1 is 1.27 bits per heavy atom. The smallest absolute Gasteiger partial charge is 0.129 e. The molecule has 0 radical (unpaired) electrons. The summed E-state index contributed by atoms with van der Waals surface area (Å²) in [4.78, 5) is 0. The number of hydrogen-bond acceptors (Lipinski definition) is 2. The minimum atomic E-state index is -0.538. The van der Waals surface area contributed by atoms with Crippen LogP contribution in [0.15, 0.2) is 18.2 Å². The van der Waals surface area contributed by atoms with E-state index in [9.17, 15) is 8.78 Å². The van der Waals surface area contributed by atoms with Crippen LogP contribution in [0.4, 0.5) is 8.78 Å². The van der Waals surface area contributed by atoms with Gasteiger partial charge in [0.05, 0.1) is 0 Å². The van der Waals surface area contributed by atoms with Gasteiger partial charge in [-0.05, 0) is 37.4 Å². The Kier molecular flexibility index (Phi) is 4.65. The summed E-state index contributed by atoms with van der Waals surface area (Å²) in [5.74, 6) is -1.17. The van der Waals surface area contributed by atoms with Gasteiger partial charge in [-0.25, -0.2) is 8.78 Å². The van der Waals surface area contributed by atoms with Gasteiger partial charge < -0.3 is 10.8 Å². The summed E-state index contributed by atoms with van der Waals surface area (Å²) >= 11 is 0. The van der Waals surface area contributed by atoms with Crippen molar-refractivity contribution in [1.29, 1.82) is 0 Å². The summed E-state index contributed by atoms with van der Waals surface area (Å²) in [5, 5.41) is 8.88. The Morgan fingerprint density at radius 3 is 2.33 bits per heavy atom. The Morgan fingerprint density at radius 2 is 1.87 bits per heavy atom. The number of hydrogen-bond donors (Lipinski definition) is 2. The average molecular weight is 215 g/mol. The molecule has 0 bridgehead atoms. The highest BCUT2D eigenvalue weighted by Gasteiger charge is 2.11. The van der Waals surface area contributed by atoms with E-state index in [1.807, 2.05) is 0 Å². The highest BCUT2D eigenvalue weighted by atomic mass is 19.1. The zero-order chi connectivity index (χ0) is 11.3. The third-order valence-corrected chi connectivity index (χ3v) is 2.46. The van der Waals surface area contributed by atoms with Crippen molar-refractivity contribution in [2.75, 3.05) is 13.2 Å². The normalized spacial score (nSPS) is 12.8. The first kappa shape index (κ1) is 12.1. The van der Waals surface area contributed by atoms with Gasteiger partial charge in [0.1, 0.15) is 11.6 Å². The van der Waals surface area contributed by atoms with Crippen LogP contribution in [0.25, 0.3) is 0 Å². The maximum atomic E-state index is 13.2. The van der Waals surface area contributed by atoms with Crippen molar-refractivity contribution in [1.82, 2.24) is 0 Å². The molecule has 3 N–H and O–H groups in total. The van der Waals surface area contributed by atoms with Gasteiger partial charge in [-0.1, -0.05) is 6.07 Å². The van der Waals surface area contributed by atoms with Gasteiger partial charge in [0.2, 0.25) is 0 Å². The molecule has 1 rings (SSSR count).